The van der Waals surface area contributed by atoms with Gasteiger partial charge in [-0.1, -0.05) is 24.9 Å². The predicted molar refractivity (Wildman–Crippen MR) is 133 cm³/mol. The molecule has 2 amide bonds. The van der Waals surface area contributed by atoms with Gasteiger partial charge >= 0.3 is 0 Å². The van der Waals surface area contributed by atoms with E-state index >= 15 is 0 Å². The Balaban J connectivity index is 1.40. The number of nitrogens with one attached hydrogen (secondary N) is 2. The molecule has 0 radical (unpaired) electrons. The standard InChI is InChI=1S/C27H31ClFN3O4/c1-2-23(33)21(9-14-5-4-8-24(14)34)31-26(35)25-17-7-3-6-15(17)13-32(25)27(36)22-12-18-19(28)10-16(29)11-20(18)30-22/h10-12,14-15,17,21,25,30H,2-9,13H2,1H3,(H,31,35)/t14-,15-,17-,21-,25-/m0/s1. The van der Waals surface area contributed by atoms with E-state index in [1.807, 2.05) is 0 Å². The number of hydrogen-bond acceptors (Lipinski definition) is 4. The molecule has 1 saturated heterocycles. The van der Waals surface area contributed by atoms with Crippen LogP contribution >= 0.6 is 11.6 Å². The second kappa shape index (κ2) is 9.96. The van der Waals surface area contributed by atoms with Crippen LogP contribution in [-0.4, -0.2) is 51.9 Å². The van der Waals surface area contributed by atoms with Crippen molar-refractivity contribution >= 4 is 45.9 Å². The number of halogens is 2. The van der Waals surface area contributed by atoms with Crippen LogP contribution in [0.1, 0.15) is 68.8 Å². The molecule has 1 aliphatic heterocycles. The molecule has 2 aromatic rings. The van der Waals surface area contributed by atoms with Gasteiger partial charge in [0.2, 0.25) is 5.91 Å². The lowest BCUT2D eigenvalue weighted by molar-refractivity contribution is -0.131. The summed E-state index contributed by atoms with van der Waals surface area (Å²) >= 11 is 6.17. The van der Waals surface area contributed by atoms with E-state index in [0.29, 0.717) is 30.3 Å². The summed E-state index contributed by atoms with van der Waals surface area (Å²) in [6.45, 7) is 2.20. The molecule has 0 unspecified atom stereocenters. The third-order valence-corrected chi connectivity index (χ3v) is 8.62. The minimum absolute atomic E-state index is 0.0184. The van der Waals surface area contributed by atoms with E-state index in [1.165, 1.54) is 12.1 Å². The monoisotopic (exact) mass is 515 g/mol. The Morgan fingerprint density at radius 2 is 2.00 bits per heavy atom. The lowest BCUT2D eigenvalue weighted by atomic mass is 9.91. The molecule has 0 spiro atoms. The van der Waals surface area contributed by atoms with E-state index in [2.05, 4.69) is 10.3 Å². The maximum Gasteiger partial charge on any atom is 0.271 e. The minimum atomic E-state index is -0.734. The number of fused-ring (bicyclic) bond motifs is 2. The highest BCUT2D eigenvalue weighted by Crippen LogP contribution is 2.43. The lowest BCUT2D eigenvalue weighted by Gasteiger charge is -2.29. The molecule has 5 atom stereocenters. The number of carbonyl (C=O) groups excluding carboxylic acids is 4. The Morgan fingerprint density at radius 1 is 1.19 bits per heavy atom. The zero-order chi connectivity index (χ0) is 25.6. The lowest BCUT2D eigenvalue weighted by Crippen LogP contribution is -2.53. The van der Waals surface area contributed by atoms with E-state index in [4.69, 9.17) is 11.6 Å². The average molecular weight is 516 g/mol. The Hall–Kier alpha value is -2.74. The maximum atomic E-state index is 13.8. The largest absolute Gasteiger partial charge is 0.350 e. The van der Waals surface area contributed by atoms with Crippen LogP contribution in [-0.2, 0) is 14.4 Å². The van der Waals surface area contributed by atoms with Crippen molar-refractivity contribution in [2.45, 2.75) is 70.4 Å². The molecule has 3 fully saturated rings. The second-order valence-electron chi connectivity index (χ2n) is 10.5. The van der Waals surface area contributed by atoms with Crippen molar-refractivity contribution in [2.24, 2.45) is 17.8 Å². The molecule has 1 aromatic heterocycles. The van der Waals surface area contributed by atoms with Gasteiger partial charge in [0.1, 0.15) is 23.3 Å². The van der Waals surface area contributed by atoms with Crippen molar-refractivity contribution in [3.63, 3.8) is 0 Å². The molecule has 2 heterocycles. The van der Waals surface area contributed by atoms with Gasteiger partial charge < -0.3 is 15.2 Å². The van der Waals surface area contributed by atoms with Gasteiger partial charge in [-0.25, -0.2) is 4.39 Å². The first-order valence-corrected chi connectivity index (χ1v) is 13.3. The van der Waals surface area contributed by atoms with Gasteiger partial charge in [-0.2, -0.15) is 0 Å². The van der Waals surface area contributed by atoms with E-state index < -0.39 is 17.9 Å². The van der Waals surface area contributed by atoms with Crippen molar-refractivity contribution in [3.05, 3.63) is 34.7 Å². The fraction of sp³-hybridized carbons (Fsp3) is 0.556. The maximum absolute atomic E-state index is 13.8. The quantitative estimate of drug-likeness (QED) is 0.570. The van der Waals surface area contributed by atoms with Crippen molar-refractivity contribution in [1.29, 1.82) is 0 Å². The SMILES string of the molecule is CCC(=O)[C@H](C[C@@H]1CCCC1=O)NC(=O)[C@@H]1[C@H]2CCC[C@H]2CN1C(=O)c1cc2c(Cl)cc(F)cc2[nH]1. The van der Waals surface area contributed by atoms with Gasteiger partial charge in [0.15, 0.2) is 5.78 Å². The highest BCUT2D eigenvalue weighted by atomic mass is 35.5. The Labute approximate surface area is 214 Å². The molecule has 5 rings (SSSR count). The van der Waals surface area contributed by atoms with Crippen LogP contribution in [0.3, 0.4) is 0 Å². The normalized spacial score (nSPS) is 26.4. The summed E-state index contributed by atoms with van der Waals surface area (Å²) in [5, 5.41) is 3.68. The fourth-order valence-corrected chi connectivity index (χ4v) is 6.74. The number of H-pyrrole nitrogens is 1. The van der Waals surface area contributed by atoms with Crippen molar-refractivity contribution in [1.82, 2.24) is 15.2 Å². The number of hydrogen-bond donors (Lipinski definition) is 2. The van der Waals surface area contributed by atoms with Gasteiger partial charge in [0.25, 0.3) is 5.91 Å². The second-order valence-corrected chi connectivity index (χ2v) is 10.9. The summed E-state index contributed by atoms with van der Waals surface area (Å²) in [4.78, 5) is 56.8. The zero-order valence-corrected chi connectivity index (χ0v) is 21.1. The highest BCUT2D eigenvalue weighted by molar-refractivity contribution is 6.35. The summed E-state index contributed by atoms with van der Waals surface area (Å²) in [6, 6.07) is 2.64. The summed E-state index contributed by atoms with van der Waals surface area (Å²) < 4.78 is 13.8. The smallest absolute Gasteiger partial charge is 0.271 e. The third kappa shape index (κ3) is 4.56. The third-order valence-electron chi connectivity index (χ3n) is 8.31. The van der Waals surface area contributed by atoms with E-state index in [1.54, 1.807) is 17.9 Å². The van der Waals surface area contributed by atoms with Gasteiger partial charge in [-0.15, -0.1) is 0 Å². The summed E-state index contributed by atoms with van der Waals surface area (Å²) in [6.07, 6.45) is 5.44. The fourth-order valence-electron chi connectivity index (χ4n) is 6.48. The Morgan fingerprint density at radius 3 is 2.72 bits per heavy atom. The molecule has 36 heavy (non-hydrogen) atoms. The molecular weight excluding hydrogens is 485 g/mol. The first kappa shape index (κ1) is 24.9. The van der Waals surface area contributed by atoms with E-state index in [9.17, 15) is 23.6 Å². The number of carbonyl (C=O) groups is 4. The molecule has 1 aromatic carbocycles. The van der Waals surface area contributed by atoms with Gasteiger partial charge in [0.05, 0.1) is 16.6 Å². The highest BCUT2D eigenvalue weighted by Gasteiger charge is 2.50. The van der Waals surface area contributed by atoms with Crippen molar-refractivity contribution < 1.29 is 23.6 Å². The molecule has 2 N–H and O–H groups in total. The average Bonchev–Trinajstić information content (AvgIpc) is 3.61. The van der Waals surface area contributed by atoms with E-state index in [-0.39, 0.29) is 58.3 Å². The molecule has 2 aliphatic carbocycles. The number of aromatic amines is 1. The minimum Gasteiger partial charge on any atom is -0.350 e. The first-order chi connectivity index (χ1) is 17.3. The summed E-state index contributed by atoms with van der Waals surface area (Å²) in [5.41, 5.74) is 0.659. The van der Waals surface area contributed by atoms with Crippen LogP contribution in [0.15, 0.2) is 18.2 Å². The summed E-state index contributed by atoms with van der Waals surface area (Å²) in [5.74, 6) is -1.11. The number of nitrogens with zero attached hydrogens (tertiary/aromatic N) is 1. The number of likely N-dealkylation sites (tertiary alicyclic amines) is 1. The molecule has 192 valence electrons. The van der Waals surface area contributed by atoms with Crippen LogP contribution in [0.25, 0.3) is 10.9 Å². The number of Topliss-reactive ketones (excluding diaryl/α,β-unsaturated/α-hetero) is 2. The summed E-state index contributed by atoms with van der Waals surface area (Å²) in [7, 11) is 0. The topological polar surface area (TPSA) is 99.3 Å². The van der Waals surface area contributed by atoms with Gasteiger partial charge in [-0.05, 0) is 62.1 Å². The number of ketones is 2. The number of aromatic nitrogens is 1. The van der Waals surface area contributed by atoms with Gasteiger partial charge in [0, 0.05) is 30.7 Å². The van der Waals surface area contributed by atoms with Gasteiger partial charge in [-0.3, -0.25) is 19.2 Å². The molecule has 3 aliphatic rings. The predicted octanol–water partition coefficient (Wildman–Crippen LogP) is 4.42. The van der Waals surface area contributed by atoms with Crippen molar-refractivity contribution in [3.8, 4) is 0 Å². The molecule has 9 heteroatoms. The van der Waals surface area contributed by atoms with Crippen molar-refractivity contribution in [2.75, 3.05) is 6.54 Å². The molecule has 0 bridgehead atoms. The van der Waals surface area contributed by atoms with Crippen LogP contribution in [0.2, 0.25) is 5.02 Å². The van der Waals surface area contributed by atoms with Crippen LogP contribution in [0.4, 0.5) is 4.39 Å². The van der Waals surface area contributed by atoms with Crippen LogP contribution < -0.4 is 5.32 Å². The molecule has 2 saturated carbocycles. The number of amides is 2. The molecule has 7 nitrogen and oxygen atoms in total. The van der Waals surface area contributed by atoms with Crippen LogP contribution in [0.5, 0.6) is 0 Å². The molecular formula is C27H31ClFN3O4. The zero-order valence-electron chi connectivity index (χ0n) is 20.3. The number of benzene rings is 1. The Bertz CT molecular complexity index is 1230. The van der Waals surface area contributed by atoms with Crippen LogP contribution in [0, 0.1) is 23.6 Å². The number of rotatable bonds is 7. The first-order valence-electron chi connectivity index (χ1n) is 12.9. The Kier molecular flexibility index (Phi) is 6.90. The van der Waals surface area contributed by atoms with E-state index in [0.717, 1.165) is 32.1 Å².